The van der Waals surface area contributed by atoms with Crippen molar-refractivity contribution in [1.82, 2.24) is 0 Å². The van der Waals surface area contributed by atoms with Crippen molar-refractivity contribution in [2.24, 2.45) is 23.7 Å². The summed E-state index contributed by atoms with van der Waals surface area (Å²) < 4.78 is 17.4. The van der Waals surface area contributed by atoms with Gasteiger partial charge < -0.3 is 19.3 Å². The van der Waals surface area contributed by atoms with E-state index in [1.165, 1.54) is 0 Å². The lowest BCUT2D eigenvalue weighted by Crippen LogP contribution is -2.46. The second-order valence-electron chi connectivity index (χ2n) is 9.55. The first kappa shape index (κ1) is 24.2. The molecule has 1 N–H and O–H groups in total. The van der Waals surface area contributed by atoms with Gasteiger partial charge in [0.2, 0.25) is 0 Å². The molecule has 0 radical (unpaired) electrons. The minimum Gasteiger partial charge on any atom is -0.461 e. The third-order valence-corrected chi connectivity index (χ3v) is 7.40. The maximum Gasteiger partial charge on any atom is 0.333 e. The Hall–Kier alpha value is -2.41. The maximum absolute atomic E-state index is 12.6. The first-order chi connectivity index (χ1) is 14.9. The number of fused-ring (bicyclic) bond motifs is 3. The molecule has 32 heavy (non-hydrogen) atoms. The van der Waals surface area contributed by atoms with Gasteiger partial charge in [-0.1, -0.05) is 24.6 Å². The Balaban J connectivity index is 2.02. The second kappa shape index (κ2) is 8.85. The summed E-state index contributed by atoms with van der Waals surface area (Å²) in [5.74, 6) is -3.06. The highest BCUT2D eigenvalue weighted by Gasteiger charge is 2.62. The van der Waals surface area contributed by atoms with Crippen LogP contribution in [0.3, 0.4) is 0 Å². The normalized spacial score (nSPS) is 39.4. The van der Waals surface area contributed by atoms with Gasteiger partial charge in [-0.15, -0.1) is 0 Å². The van der Waals surface area contributed by atoms with Crippen LogP contribution in [0.25, 0.3) is 0 Å². The number of ether oxygens (including phenoxy) is 3. The third kappa shape index (κ3) is 4.15. The molecule has 0 amide bonds. The molecule has 7 heteroatoms. The predicted octanol–water partition coefficient (Wildman–Crippen LogP) is 3.27. The Morgan fingerprint density at radius 3 is 2.28 bits per heavy atom. The molecule has 0 spiro atoms. The summed E-state index contributed by atoms with van der Waals surface area (Å²) >= 11 is 0. The van der Waals surface area contributed by atoms with E-state index in [4.69, 9.17) is 14.2 Å². The number of hydrogen-bond donors (Lipinski definition) is 1. The maximum atomic E-state index is 12.6. The van der Waals surface area contributed by atoms with Crippen LogP contribution in [0.5, 0.6) is 0 Å². The minimum atomic E-state index is -1.33. The zero-order chi connectivity index (χ0) is 24.0. The Bertz CT molecular complexity index is 894. The van der Waals surface area contributed by atoms with Crippen LogP contribution >= 0.6 is 0 Å². The van der Waals surface area contributed by atoms with Gasteiger partial charge in [0, 0.05) is 35.3 Å². The van der Waals surface area contributed by atoms with Crippen LogP contribution in [0, 0.1) is 23.7 Å². The average molecular weight is 447 g/mol. The van der Waals surface area contributed by atoms with E-state index in [2.05, 4.69) is 0 Å². The molecule has 1 saturated heterocycles. The molecule has 0 unspecified atom stereocenters. The van der Waals surface area contributed by atoms with E-state index >= 15 is 0 Å². The quantitative estimate of drug-likeness (QED) is 0.306. The largest absolute Gasteiger partial charge is 0.461 e. The Kier molecular flexibility index (Phi) is 6.70. The summed E-state index contributed by atoms with van der Waals surface area (Å²) in [5.41, 5.74) is 0.479. The van der Waals surface area contributed by atoms with Gasteiger partial charge in [-0.05, 0) is 47.6 Å². The summed E-state index contributed by atoms with van der Waals surface area (Å²) in [6, 6.07) is 0. The molecule has 3 rings (SSSR count). The first-order valence-corrected chi connectivity index (χ1v) is 11.2. The van der Waals surface area contributed by atoms with Crippen molar-refractivity contribution in [3.05, 3.63) is 34.9 Å². The van der Waals surface area contributed by atoms with Crippen LogP contribution in [-0.2, 0) is 28.6 Å². The molecule has 0 aromatic rings. The summed E-state index contributed by atoms with van der Waals surface area (Å²) in [7, 11) is 0. The molecule has 0 aromatic heterocycles. The number of rotatable bonds is 4. The number of esters is 3. The molecule has 7 nitrogen and oxygen atoms in total. The summed E-state index contributed by atoms with van der Waals surface area (Å²) in [5, 5.41) is 11.6. The lowest BCUT2D eigenvalue weighted by Gasteiger charge is -2.37. The van der Waals surface area contributed by atoms with E-state index in [1.54, 1.807) is 53.7 Å². The Labute approximate surface area is 189 Å². The molecule has 0 aromatic carbocycles. The van der Waals surface area contributed by atoms with Gasteiger partial charge in [0.15, 0.2) is 0 Å². The van der Waals surface area contributed by atoms with E-state index in [9.17, 15) is 19.5 Å². The molecule has 2 fully saturated rings. The number of carbonyl (C=O) groups is 3. The smallest absolute Gasteiger partial charge is 0.333 e. The van der Waals surface area contributed by atoms with E-state index in [0.29, 0.717) is 11.1 Å². The molecule has 3 aliphatic rings. The van der Waals surface area contributed by atoms with Gasteiger partial charge in [-0.25, -0.2) is 9.59 Å². The molecular formula is C25H34O7. The van der Waals surface area contributed by atoms with Crippen LogP contribution in [0.1, 0.15) is 54.9 Å². The van der Waals surface area contributed by atoms with Gasteiger partial charge in [-0.2, -0.15) is 0 Å². The molecule has 176 valence electrons. The molecule has 0 bridgehead atoms. The number of allylic oxidation sites excluding steroid dienone is 2. The van der Waals surface area contributed by atoms with Crippen molar-refractivity contribution in [1.29, 1.82) is 0 Å². The van der Waals surface area contributed by atoms with Crippen LogP contribution in [0.15, 0.2) is 34.9 Å². The van der Waals surface area contributed by atoms with E-state index in [-0.39, 0.29) is 18.3 Å². The van der Waals surface area contributed by atoms with Crippen molar-refractivity contribution in [3.8, 4) is 0 Å². The topological polar surface area (TPSA) is 99.1 Å². The standard InChI is InChI=1S/C25H34O7/c1-8-12(3)22(26)30-16-10-14(5)18-20(16)25(7,29)11-17(31-23(27)13(4)9-2)19-15(6)24(28)32-21(18)19/h8-10,15-21,29H,11H2,1-7H3/b12-8-,13-9-/t15-,16-,17+,18-,19-,20+,21+,25+/m1/s1. The molecule has 8 atom stereocenters. The van der Waals surface area contributed by atoms with E-state index in [1.807, 2.05) is 13.0 Å². The highest BCUT2D eigenvalue weighted by Crippen LogP contribution is 2.53. The van der Waals surface area contributed by atoms with Crippen molar-refractivity contribution in [2.75, 3.05) is 0 Å². The molecule has 1 aliphatic heterocycles. The summed E-state index contributed by atoms with van der Waals surface area (Å²) in [6.45, 7) is 12.2. The first-order valence-electron chi connectivity index (χ1n) is 11.2. The van der Waals surface area contributed by atoms with Crippen LogP contribution < -0.4 is 0 Å². The van der Waals surface area contributed by atoms with Crippen molar-refractivity contribution < 1.29 is 33.7 Å². The molecule has 1 heterocycles. The summed E-state index contributed by atoms with van der Waals surface area (Å²) in [6.07, 6.45) is 3.31. The van der Waals surface area contributed by atoms with Gasteiger partial charge in [0.25, 0.3) is 0 Å². The van der Waals surface area contributed by atoms with Crippen LogP contribution in [0.4, 0.5) is 0 Å². The van der Waals surface area contributed by atoms with Crippen LogP contribution in [-0.4, -0.2) is 46.9 Å². The average Bonchev–Trinajstić information content (AvgIpc) is 3.18. The van der Waals surface area contributed by atoms with Crippen LogP contribution in [0.2, 0.25) is 0 Å². The SMILES string of the molecule is C/C=C(/C)C(=O)O[C@H]1C[C@](C)(O)[C@@H]2[C@@H](C(C)=C[C@H]2OC(=O)/C(C)=C\C)[C@@H]2OC(=O)[C@H](C)[C@@H]21. The minimum absolute atomic E-state index is 0.108. The number of aliphatic hydroxyl groups is 1. The molecule has 2 aliphatic carbocycles. The Morgan fingerprint density at radius 2 is 1.72 bits per heavy atom. The highest BCUT2D eigenvalue weighted by atomic mass is 16.6. The molecule has 1 saturated carbocycles. The predicted molar refractivity (Wildman–Crippen MR) is 117 cm³/mol. The van der Waals surface area contributed by atoms with Crippen molar-refractivity contribution in [3.63, 3.8) is 0 Å². The fourth-order valence-electron chi connectivity index (χ4n) is 5.36. The lowest BCUT2D eigenvalue weighted by molar-refractivity contribution is -0.158. The van der Waals surface area contributed by atoms with Gasteiger partial charge in [0.05, 0.1) is 11.5 Å². The highest BCUT2D eigenvalue weighted by molar-refractivity contribution is 5.88. The van der Waals surface area contributed by atoms with E-state index in [0.717, 1.165) is 5.57 Å². The van der Waals surface area contributed by atoms with Gasteiger partial charge >= 0.3 is 17.9 Å². The number of hydrogen-bond acceptors (Lipinski definition) is 7. The summed E-state index contributed by atoms with van der Waals surface area (Å²) in [4.78, 5) is 37.7. The molecular weight excluding hydrogens is 412 g/mol. The van der Waals surface area contributed by atoms with E-state index < -0.39 is 53.6 Å². The fourth-order valence-corrected chi connectivity index (χ4v) is 5.36. The monoisotopic (exact) mass is 446 g/mol. The zero-order valence-corrected chi connectivity index (χ0v) is 19.9. The Morgan fingerprint density at radius 1 is 1.16 bits per heavy atom. The van der Waals surface area contributed by atoms with Gasteiger partial charge in [0.1, 0.15) is 18.3 Å². The zero-order valence-electron chi connectivity index (χ0n) is 19.9. The number of carbonyl (C=O) groups excluding carboxylic acids is 3. The van der Waals surface area contributed by atoms with Crippen molar-refractivity contribution >= 4 is 17.9 Å². The van der Waals surface area contributed by atoms with Crippen molar-refractivity contribution in [2.45, 2.75) is 78.8 Å². The second-order valence-corrected chi connectivity index (χ2v) is 9.55. The van der Waals surface area contributed by atoms with Gasteiger partial charge in [-0.3, -0.25) is 4.79 Å². The lowest BCUT2D eigenvalue weighted by atomic mass is 9.75. The third-order valence-electron chi connectivity index (χ3n) is 7.40. The fraction of sp³-hybridized carbons (Fsp3) is 0.640.